The van der Waals surface area contributed by atoms with Gasteiger partial charge >= 0.3 is 11.9 Å². The molecular formula is C21H30N4O8S. The zero-order valence-corrected chi connectivity index (χ0v) is 19.5. The van der Waals surface area contributed by atoms with Crippen molar-refractivity contribution in [2.45, 2.75) is 43.8 Å². The Hall–Kier alpha value is -3.32. The molecule has 0 heterocycles. The molecule has 1 rings (SSSR count). The lowest BCUT2D eigenvalue weighted by Gasteiger charge is -2.24. The number of carboxylic acid groups (broad SMARTS) is 2. The zero-order chi connectivity index (χ0) is 25.7. The summed E-state index contributed by atoms with van der Waals surface area (Å²) in [7, 11) is 0. The van der Waals surface area contributed by atoms with Crippen LogP contribution in [-0.4, -0.2) is 81.7 Å². The van der Waals surface area contributed by atoms with Crippen molar-refractivity contribution in [3.05, 3.63) is 29.8 Å². The van der Waals surface area contributed by atoms with Crippen molar-refractivity contribution < 1.29 is 39.3 Å². The number of aliphatic carboxylic acids is 2. The molecule has 0 radical (unpaired) electrons. The number of nitrogens with two attached hydrogens (primary N) is 1. The quantitative estimate of drug-likeness (QED) is 0.158. The van der Waals surface area contributed by atoms with Crippen LogP contribution in [0.3, 0.4) is 0 Å². The summed E-state index contributed by atoms with van der Waals surface area (Å²) in [6.45, 7) is -0.427. The number of aromatic hydroxyl groups is 1. The smallest absolute Gasteiger partial charge is 0.326 e. The van der Waals surface area contributed by atoms with Crippen LogP contribution in [0.1, 0.15) is 24.8 Å². The highest BCUT2D eigenvalue weighted by molar-refractivity contribution is 7.98. The van der Waals surface area contributed by atoms with Gasteiger partial charge in [-0.05, 0) is 42.5 Å². The number of carboxylic acids is 2. The van der Waals surface area contributed by atoms with Gasteiger partial charge in [0.05, 0.1) is 6.54 Å². The maximum absolute atomic E-state index is 12.9. The number of nitrogens with one attached hydrogen (secondary N) is 3. The number of phenols is 1. The molecule has 34 heavy (non-hydrogen) atoms. The standard InChI is InChI=1S/C21H30N4O8S/c1-34-9-8-15(21(32)33)24-20(31)16(10-12-2-4-13(26)5-3-12)25-19(30)14(6-7-18(28)29)23-17(27)11-22/h2-5,14-16,26H,6-11,22H2,1H3,(H,23,27)(H,24,31)(H,25,30)(H,28,29)(H,32,33). The normalized spacial score (nSPS) is 13.2. The topological polar surface area (TPSA) is 208 Å². The lowest BCUT2D eigenvalue weighted by molar-refractivity contribution is -0.142. The van der Waals surface area contributed by atoms with E-state index < -0.39 is 60.8 Å². The predicted octanol–water partition coefficient (Wildman–Crippen LogP) is -0.950. The summed E-state index contributed by atoms with van der Waals surface area (Å²) in [6, 6.07) is 2.15. The third-order valence-electron chi connectivity index (χ3n) is 4.72. The van der Waals surface area contributed by atoms with Gasteiger partial charge in [0.25, 0.3) is 0 Å². The van der Waals surface area contributed by atoms with E-state index in [1.165, 1.54) is 36.0 Å². The van der Waals surface area contributed by atoms with E-state index >= 15 is 0 Å². The van der Waals surface area contributed by atoms with Crippen molar-refractivity contribution in [1.82, 2.24) is 16.0 Å². The molecule has 0 fully saturated rings. The lowest BCUT2D eigenvalue weighted by Crippen LogP contribution is -2.57. The number of carbonyl (C=O) groups excluding carboxylic acids is 3. The van der Waals surface area contributed by atoms with Gasteiger partial charge in [0, 0.05) is 12.8 Å². The number of hydrogen-bond acceptors (Lipinski definition) is 8. The Balaban J connectivity index is 3.10. The minimum atomic E-state index is -1.27. The second-order valence-corrected chi connectivity index (χ2v) is 8.35. The number of amides is 3. The predicted molar refractivity (Wildman–Crippen MR) is 124 cm³/mol. The number of thioether (sulfide) groups is 1. The van der Waals surface area contributed by atoms with E-state index in [-0.39, 0.29) is 25.0 Å². The van der Waals surface area contributed by atoms with Crippen LogP contribution >= 0.6 is 11.8 Å². The van der Waals surface area contributed by atoms with Gasteiger partial charge in [0.1, 0.15) is 23.9 Å². The summed E-state index contributed by atoms with van der Waals surface area (Å²) in [5.41, 5.74) is 5.82. The van der Waals surface area contributed by atoms with Crippen molar-refractivity contribution >= 4 is 41.4 Å². The number of carbonyl (C=O) groups is 5. The molecule has 13 heteroatoms. The molecule has 8 N–H and O–H groups in total. The van der Waals surface area contributed by atoms with Crippen molar-refractivity contribution in [3.63, 3.8) is 0 Å². The molecule has 3 atom stereocenters. The lowest BCUT2D eigenvalue weighted by atomic mass is 10.0. The van der Waals surface area contributed by atoms with E-state index in [0.29, 0.717) is 11.3 Å². The van der Waals surface area contributed by atoms with Crippen LogP contribution in [0.5, 0.6) is 5.75 Å². The highest BCUT2D eigenvalue weighted by Crippen LogP contribution is 2.12. The Morgan fingerprint density at radius 2 is 1.50 bits per heavy atom. The van der Waals surface area contributed by atoms with E-state index in [4.69, 9.17) is 10.8 Å². The van der Waals surface area contributed by atoms with Crippen LogP contribution in [0.15, 0.2) is 24.3 Å². The van der Waals surface area contributed by atoms with E-state index in [0.717, 1.165) is 0 Å². The molecule has 0 bridgehead atoms. The first-order valence-electron chi connectivity index (χ1n) is 10.4. The van der Waals surface area contributed by atoms with Gasteiger partial charge < -0.3 is 37.0 Å². The maximum atomic E-state index is 12.9. The first-order chi connectivity index (χ1) is 16.1. The summed E-state index contributed by atoms with van der Waals surface area (Å²) < 4.78 is 0. The minimum Gasteiger partial charge on any atom is -0.508 e. The number of hydrogen-bond donors (Lipinski definition) is 7. The summed E-state index contributed by atoms with van der Waals surface area (Å²) in [5.74, 6) is -4.21. The summed E-state index contributed by atoms with van der Waals surface area (Å²) in [6.07, 6.45) is 1.24. The van der Waals surface area contributed by atoms with Crippen LogP contribution < -0.4 is 21.7 Å². The molecule has 0 aliphatic carbocycles. The van der Waals surface area contributed by atoms with Crippen molar-refractivity contribution in [1.29, 1.82) is 0 Å². The number of phenolic OH excluding ortho intramolecular Hbond substituents is 1. The number of benzene rings is 1. The third kappa shape index (κ3) is 10.5. The fourth-order valence-electron chi connectivity index (χ4n) is 2.90. The zero-order valence-electron chi connectivity index (χ0n) is 18.7. The monoisotopic (exact) mass is 498 g/mol. The first kappa shape index (κ1) is 28.7. The van der Waals surface area contributed by atoms with Gasteiger partial charge in [0.2, 0.25) is 17.7 Å². The van der Waals surface area contributed by atoms with Gasteiger partial charge in [-0.25, -0.2) is 4.79 Å². The van der Waals surface area contributed by atoms with Crippen LogP contribution in [0.25, 0.3) is 0 Å². The van der Waals surface area contributed by atoms with Gasteiger partial charge in [0.15, 0.2) is 0 Å². The second kappa shape index (κ2) is 14.8. The van der Waals surface area contributed by atoms with E-state index in [1.807, 2.05) is 0 Å². The van der Waals surface area contributed by atoms with Crippen LogP contribution in [-0.2, 0) is 30.4 Å². The highest BCUT2D eigenvalue weighted by Gasteiger charge is 2.29. The molecule has 0 aliphatic rings. The third-order valence-corrected chi connectivity index (χ3v) is 5.36. The average molecular weight is 499 g/mol. The molecule has 0 saturated heterocycles. The fourth-order valence-corrected chi connectivity index (χ4v) is 3.38. The van der Waals surface area contributed by atoms with E-state index in [2.05, 4.69) is 16.0 Å². The molecule has 1 aromatic rings. The molecule has 0 aromatic heterocycles. The van der Waals surface area contributed by atoms with Gasteiger partial charge in [-0.2, -0.15) is 11.8 Å². The molecule has 188 valence electrons. The highest BCUT2D eigenvalue weighted by atomic mass is 32.2. The Labute approximate surface area is 200 Å². The van der Waals surface area contributed by atoms with Crippen molar-refractivity contribution in [3.8, 4) is 5.75 Å². The summed E-state index contributed by atoms with van der Waals surface area (Å²) in [4.78, 5) is 60.0. The average Bonchev–Trinajstić information content (AvgIpc) is 2.79. The largest absolute Gasteiger partial charge is 0.508 e. The Kier molecular flexibility index (Phi) is 12.5. The summed E-state index contributed by atoms with van der Waals surface area (Å²) >= 11 is 1.41. The fraction of sp³-hybridized carbons (Fsp3) is 0.476. The molecule has 12 nitrogen and oxygen atoms in total. The van der Waals surface area contributed by atoms with Crippen LogP contribution in [0.4, 0.5) is 0 Å². The Bertz CT molecular complexity index is 865. The van der Waals surface area contributed by atoms with E-state index in [1.54, 1.807) is 6.26 Å². The molecule has 1 aromatic carbocycles. The van der Waals surface area contributed by atoms with Crippen LogP contribution in [0, 0.1) is 0 Å². The molecule has 0 aliphatic heterocycles. The van der Waals surface area contributed by atoms with Gasteiger partial charge in [-0.1, -0.05) is 12.1 Å². The van der Waals surface area contributed by atoms with E-state index in [9.17, 15) is 34.2 Å². The van der Waals surface area contributed by atoms with Crippen molar-refractivity contribution in [2.75, 3.05) is 18.6 Å². The molecule has 0 saturated carbocycles. The molecule has 3 amide bonds. The minimum absolute atomic E-state index is 0.00461. The molecular weight excluding hydrogens is 468 g/mol. The molecule has 0 spiro atoms. The summed E-state index contributed by atoms with van der Waals surface area (Å²) in [5, 5.41) is 35.0. The number of rotatable bonds is 15. The second-order valence-electron chi connectivity index (χ2n) is 7.37. The maximum Gasteiger partial charge on any atom is 0.326 e. The SMILES string of the molecule is CSCCC(NC(=O)C(Cc1ccc(O)cc1)NC(=O)C(CCC(=O)O)NC(=O)CN)C(=O)O. The first-order valence-corrected chi connectivity index (χ1v) is 11.8. The van der Waals surface area contributed by atoms with Crippen molar-refractivity contribution in [2.24, 2.45) is 5.73 Å². The Morgan fingerprint density at radius 1 is 0.912 bits per heavy atom. The molecule has 3 unspecified atom stereocenters. The Morgan fingerprint density at radius 3 is 2.03 bits per heavy atom. The van der Waals surface area contributed by atoms with Gasteiger partial charge in [-0.15, -0.1) is 0 Å². The van der Waals surface area contributed by atoms with Crippen LogP contribution in [0.2, 0.25) is 0 Å². The van der Waals surface area contributed by atoms with Gasteiger partial charge in [-0.3, -0.25) is 19.2 Å².